The van der Waals surface area contributed by atoms with E-state index in [2.05, 4.69) is 0 Å². The van der Waals surface area contributed by atoms with E-state index < -0.39 is 0 Å². The Morgan fingerprint density at radius 1 is 1.47 bits per heavy atom. The van der Waals surface area contributed by atoms with Crippen LogP contribution >= 0.6 is 0 Å². The van der Waals surface area contributed by atoms with Gasteiger partial charge in [-0.2, -0.15) is 0 Å². The van der Waals surface area contributed by atoms with Gasteiger partial charge in [0, 0.05) is 23.8 Å². The number of Topliss-reactive ketones (excluding diaryl/α,β-unsaturated/α-hetero) is 1. The molecule has 0 bridgehead atoms. The summed E-state index contributed by atoms with van der Waals surface area (Å²) in [5.41, 5.74) is 6.98. The molecule has 0 saturated carbocycles. The lowest BCUT2D eigenvalue weighted by Gasteiger charge is -2.20. The minimum atomic E-state index is 0.0144. The third kappa shape index (κ3) is 2.36. The molecule has 0 amide bonds. The Morgan fingerprint density at radius 3 is 3.00 bits per heavy atom. The van der Waals surface area contributed by atoms with E-state index in [1.165, 1.54) is 0 Å². The van der Waals surface area contributed by atoms with E-state index in [-0.39, 0.29) is 11.7 Å². The Kier molecular flexibility index (Phi) is 3.02. The lowest BCUT2D eigenvalue weighted by molar-refractivity contribution is 0.0461. The first-order chi connectivity index (χ1) is 7.27. The molecule has 1 aromatic carbocycles. The molecule has 80 valence electrons. The second-order valence-corrected chi connectivity index (χ2v) is 3.90. The third-order valence-electron chi connectivity index (χ3n) is 2.70. The summed E-state index contributed by atoms with van der Waals surface area (Å²) in [6.45, 7) is 1.33. The minimum absolute atomic E-state index is 0.0144. The van der Waals surface area contributed by atoms with Crippen molar-refractivity contribution < 1.29 is 9.53 Å². The number of benzene rings is 1. The normalized spacial score (nSPS) is 21.2. The van der Waals surface area contributed by atoms with Crippen molar-refractivity contribution in [3.05, 3.63) is 29.8 Å². The summed E-state index contributed by atoms with van der Waals surface area (Å²) in [4.78, 5) is 12.0. The smallest absolute Gasteiger partial charge is 0.168 e. The molecule has 1 heterocycles. The van der Waals surface area contributed by atoms with E-state index in [1.807, 2.05) is 12.1 Å². The van der Waals surface area contributed by atoms with E-state index in [0.29, 0.717) is 17.9 Å². The maximum atomic E-state index is 12.0. The van der Waals surface area contributed by atoms with Crippen LogP contribution in [0.25, 0.3) is 0 Å². The van der Waals surface area contributed by atoms with Gasteiger partial charge in [-0.25, -0.2) is 0 Å². The Hall–Kier alpha value is -1.35. The zero-order valence-corrected chi connectivity index (χ0v) is 8.61. The molecule has 1 unspecified atom stereocenters. The van der Waals surface area contributed by atoms with Crippen LogP contribution in [0.15, 0.2) is 24.3 Å². The highest BCUT2D eigenvalue weighted by Crippen LogP contribution is 2.19. The van der Waals surface area contributed by atoms with Gasteiger partial charge in [0.05, 0.1) is 6.61 Å². The first-order valence-electron chi connectivity index (χ1n) is 5.25. The Balaban J connectivity index is 2.12. The standard InChI is InChI=1S/C12H15NO2/c13-11-5-1-3-9(7-11)12(14)10-4-2-6-15-8-10/h1,3,5,7,10H,2,4,6,8,13H2. The predicted octanol–water partition coefficient (Wildman–Crippen LogP) is 1.88. The molecule has 1 saturated heterocycles. The van der Waals surface area contributed by atoms with Crippen LogP contribution in [0.2, 0.25) is 0 Å². The molecule has 15 heavy (non-hydrogen) atoms. The summed E-state index contributed by atoms with van der Waals surface area (Å²) in [6.07, 6.45) is 1.90. The maximum Gasteiger partial charge on any atom is 0.168 e. The van der Waals surface area contributed by atoms with Crippen molar-refractivity contribution in [2.45, 2.75) is 12.8 Å². The molecule has 3 heteroatoms. The highest BCUT2D eigenvalue weighted by Gasteiger charge is 2.22. The molecule has 1 fully saturated rings. The number of rotatable bonds is 2. The van der Waals surface area contributed by atoms with Gasteiger partial charge in [-0.05, 0) is 25.0 Å². The van der Waals surface area contributed by atoms with E-state index in [1.54, 1.807) is 12.1 Å². The molecule has 0 spiro atoms. The van der Waals surface area contributed by atoms with E-state index in [9.17, 15) is 4.79 Å². The van der Waals surface area contributed by atoms with Gasteiger partial charge in [-0.15, -0.1) is 0 Å². The van der Waals surface area contributed by atoms with Crippen molar-refractivity contribution >= 4 is 11.5 Å². The Morgan fingerprint density at radius 2 is 2.33 bits per heavy atom. The summed E-state index contributed by atoms with van der Waals surface area (Å²) in [5.74, 6) is 0.169. The molecule has 2 rings (SSSR count). The topological polar surface area (TPSA) is 52.3 Å². The van der Waals surface area contributed by atoms with Crippen molar-refractivity contribution in [2.24, 2.45) is 5.92 Å². The molecule has 1 aliphatic heterocycles. The van der Waals surface area contributed by atoms with Crippen LogP contribution in [0.3, 0.4) is 0 Å². The van der Waals surface area contributed by atoms with E-state index in [0.717, 1.165) is 19.4 Å². The van der Waals surface area contributed by atoms with E-state index >= 15 is 0 Å². The monoisotopic (exact) mass is 205 g/mol. The van der Waals surface area contributed by atoms with Gasteiger partial charge >= 0.3 is 0 Å². The van der Waals surface area contributed by atoms with Crippen molar-refractivity contribution in [3.8, 4) is 0 Å². The molecule has 0 aromatic heterocycles. The van der Waals surface area contributed by atoms with Crippen LogP contribution in [0.1, 0.15) is 23.2 Å². The fraction of sp³-hybridized carbons (Fsp3) is 0.417. The van der Waals surface area contributed by atoms with Gasteiger partial charge in [0.15, 0.2) is 5.78 Å². The number of ketones is 1. The predicted molar refractivity (Wildman–Crippen MR) is 58.7 cm³/mol. The number of ether oxygens (including phenoxy) is 1. The van der Waals surface area contributed by atoms with E-state index in [4.69, 9.17) is 10.5 Å². The van der Waals surface area contributed by atoms with Crippen molar-refractivity contribution in [2.75, 3.05) is 18.9 Å². The molecule has 1 aromatic rings. The number of anilines is 1. The fourth-order valence-electron chi connectivity index (χ4n) is 1.88. The van der Waals surface area contributed by atoms with Gasteiger partial charge < -0.3 is 10.5 Å². The van der Waals surface area contributed by atoms with Crippen molar-refractivity contribution in [1.29, 1.82) is 0 Å². The third-order valence-corrected chi connectivity index (χ3v) is 2.70. The number of hydrogen-bond acceptors (Lipinski definition) is 3. The molecule has 0 radical (unpaired) electrons. The van der Waals surface area contributed by atoms with Crippen LogP contribution in [0.5, 0.6) is 0 Å². The quantitative estimate of drug-likeness (QED) is 0.592. The second kappa shape index (κ2) is 4.45. The largest absolute Gasteiger partial charge is 0.399 e. The second-order valence-electron chi connectivity index (χ2n) is 3.90. The first-order valence-corrected chi connectivity index (χ1v) is 5.25. The number of nitrogens with two attached hydrogens (primary N) is 1. The lowest BCUT2D eigenvalue weighted by Crippen LogP contribution is -2.25. The zero-order valence-electron chi connectivity index (χ0n) is 8.61. The van der Waals surface area contributed by atoms with Crippen LogP contribution in [0, 0.1) is 5.92 Å². The molecule has 0 aliphatic carbocycles. The van der Waals surface area contributed by atoms with Gasteiger partial charge in [0.25, 0.3) is 0 Å². The molecule has 2 N–H and O–H groups in total. The summed E-state index contributed by atoms with van der Waals surface area (Å²) < 4.78 is 5.30. The Labute approximate surface area is 89.2 Å². The lowest BCUT2D eigenvalue weighted by atomic mass is 9.92. The van der Waals surface area contributed by atoms with Crippen LogP contribution in [0.4, 0.5) is 5.69 Å². The van der Waals surface area contributed by atoms with Crippen LogP contribution in [-0.2, 0) is 4.74 Å². The number of nitrogen functional groups attached to an aromatic ring is 1. The highest BCUT2D eigenvalue weighted by atomic mass is 16.5. The average molecular weight is 205 g/mol. The number of carbonyl (C=O) groups is 1. The van der Waals surface area contributed by atoms with Gasteiger partial charge in [0.2, 0.25) is 0 Å². The summed E-state index contributed by atoms with van der Waals surface area (Å²) in [7, 11) is 0. The van der Waals surface area contributed by atoms with Crippen molar-refractivity contribution in [3.63, 3.8) is 0 Å². The van der Waals surface area contributed by atoms with Gasteiger partial charge in [0.1, 0.15) is 0 Å². The highest BCUT2D eigenvalue weighted by molar-refractivity contribution is 5.98. The SMILES string of the molecule is Nc1cccc(C(=O)C2CCCOC2)c1. The average Bonchev–Trinajstić information content (AvgIpc) is 2.29. The molecule has 3 nitrogen and oxygen atoms in total. The molecular formula is C12H15NO2. The number of hydrogen-bond donors (Lipinski definition) is 1. The van der Waals surface area contributed by atoms with Gasteiger partial charge in [-0.1, -0.05) is 12.1 Å². The Bertz CT molecular complexity index is 356. The minimum Gasteiger partial charge on any atom is -0.399 e. The molecule has 1 aliphatic rings. The van der Waals surface area contributed by atoms with Crippen molar-refractivity contribution in [1.82, 2.24) is 0 Å². The summed E-state index contributed by atoms with van der Waals surface area (Å²) >= 11 is 0. The van der Waals surface area contributed by atoms with Crippen LogP contribution < -0.4 is 5.73 Å². The van der Waals surface area contributed by atoms with Gasteiger partial charge in [-0.3, -0.25) is 4.79 Å². The maximum absolute atomic E-state index is 12.0. The summed E-state index contributed by atoms with van der Waals surface area (Å²) in [6, 6.07) is 7.14. The zero-order chi connectivity index (χ0) is 10.7. The molecular weight excluding hydrogens is 190 g/mol. The molecule has 1 atom stereocenters. The summed E-state index contributed by atoms with van der Waals surface area (Å²) in [5, 5.41) is 0. The first kappa shape index (κ1) is 10.2. The number of carbonyl (C=O) groups excluding carboxylic acids is 1. The van der Waals surface area contributed by atoms with Crippen LogP contribution in [-0.4, -0.2) is 19.0 Å². The fourth-order valence-corrected chi connectivity index (χ4v) is 1.88.